The van der Waals surface area contributed by atoms with E-state index in [0.29, 0.717) is 10.7 Å². The molecule has 2 rings (SSSR count). The normalized spacial score (nSPS) is 12.0. The average molecular weight is 280 g/mol. The van der Waals surface area contributed by atoms with Crippen molar-refractivity contribution < 1.29 is 9.13 Å². The molecule has 1 unspecified atom stereocenters. The summed E-state index contributed by atoms with van der Waals surface area (Å²) in [6, 6.07) is 12.2. The molecule has 0 spiro atoms. The molecule has 0 heterocycles. The van der Waals surface area contributed by atoms with Crippen LogP contribution in [0.15, 0.2) is 42.5 Å². The van der Waals surface area contributed by atoms with Crippen LogP contribution in [-0.4, -0.2) is 7.11 Å². The predicted molar refractivity (Wildman–Crippen MR) is 76.4 cm³/mol. The van der Waals surface area contributed by atoms with Crippen LogP contribution >= 0.6 is 11.6 Å². The first-order valence-electron chi connectivity index (χ1n) is 5.96. The summed E-state index contributed by atoms with van der Waals surface area (Å²) in [7, 11) is 1.62. The van der Waals surface area contributed by atoms with Crippen LogP contribution in [-0.2, 0) is 0 Å². The summed E-state index contributed by atoms with van der Waals surface area (Å²) < 4.78 is 18.9. The van der Waals surface area contributed by atoms with Gasteiger partial charge in [-0.1, -0.05) is 29.8 Å². The Labute approximate surface area is 117 Å². The highest BCUT2D eigenvalue weighted by atomic mass is 35.5. The summed E-state index contributed by atoms with van der Waals surface area (Å²) in [5, 5.41) is 3.45. The van der Waals surface area contributed by atoms with Gasteiger partial charge in [0.2, 0.25) is 0 Å². The Morgan fingerprint density at radius 1 is 1.21 bits per heavy atom. The minimum atomic E-state index is -0.359. The minimum absolute atomic E-state index is 0.0792. The molecule has 0 aliphatic rings. The van der Waals surface area contributed by atoms with E-state index in [-0.39, 0.29) is 11.9 Å². The number of methoxy groups -OCH3 is 1. The third-order valence-electron chi connectivity index (χ3n) is 2.92. The number of nitrogens with one attached hydrogen (secondary N) is 1. The Balaban J connectivity index is 2.23. The topological polar surface area (TPSA) is 21.3 Å². The van der Waals surface area contributed by atoms with Gasteiger partial charge in [-0.25, -0.2) is 4.39 Å². The van der Waals surface area contributed by atoms with Gasteiger partial charge in [0.15, 0.2) is 0 Å². The van der Waals surface area contributed by atoms with Crippen molar-refractivity contribution in [2.75, 3.05) is 12.4 Å². The molecule has 0 radical (unpaired) electrons. The Bertz CT molecular complexity index is 554. The number of halogens is 2. The van der Waals surface area contributed by atoms with Crippen molar-refractivity contribution in [3.8, 4) is 5.75 Å². The smallest absolute Gasteiger partial charge is 0.147 e. The van der Waals surface area contributed by atoms with E-state index in [1.807, 2.05) is 31.2 Å². The molecular formula is C15H15ClFNO. The number of ether oxygens (including phenoxy) is 1. The molecule has 2 nitrogen and oxygen atoms in total. The van der Waals surface area contributed by atoms with Crippen molar-refractivity contribution in [2.45, 2.75) is 13.0 Å². The second-order valence-electron chi connectivity index (χ2n) is 4.24. The van der Waals surface area contributed by atoms with Crippen LogP contribution in [0.25, 0.3) is 0 Å². The molecular weight excluding hydrogens is 265 g/mol. The molecule has 2 aromatic rings. The van der Waals surface area contributed by atoms with E-state index in [2.05, 4.69) is 5.32 Å². The standard InChI is InChI=1S/C15H15ClFNO/c1-10(11-5-3-6-12(9-11)19-2)18-15-13(16)7-4-8-14(15)17/h3-10,18H,1-2H3. The molecule has 0 saturated heterocycles. The van der Waals surface area contributed by atoms with Gasteiger partial charge in [-0.2, -0.15) is 0 Å². The second-order valence-corrected chi connectivity index (χ2v) is 4.65. The minimum Gasteiger partial charge on any atom is -0.497 e. The van der Waals surface area contributed by atoms with Gasteiger partial charge in [-0.3, -0.25) is 0 Å². The van der Waals surface area contributed by atoms with Gasteiger partial charge in [-0.15, -0.1) is 0 Å². The molecule has 1 atom stereocenters. The van der Waals surface area contributed by atoms with E-state index in [9.17, 15) is 4.39 Å². The fourth-order valence-electron chi connectivity index (χ4n) is 1.85. The first kappa shape index (κ1) is 13.7. The van der Waals surface area contributed by atoms with Crippen molar-refractivity contribution in [1.82, 2.24) is 0 Å². The second kappa shape index (κ2) is 5.93. The van der Waals surface area contributed by atoms with E-state index in [4.69, 9.17) is 16.3 Å². The molecule has 100 valence electrons. The third-order valence-corrected chi connectivity index (χ3v) is 3.23. The summed E-state index contributed by atoms with van der Waals surface area (Å²) in [6.07, 6.45) is 0. The molecule has 4 heteroatoms. The van der Waals surface area contributed by atoms with Crippen molar-refractivity contribution in [3.63, 3.8) is 0 Å². The zero-order valence-electron chi connectivity index (χ0n) is 10.8. The number of benzene rings is 2. The number of hydrogen-bond donors (Lipinski definition) is 1. The average Bonchev–Trinajstić information content (AvgIpc) is 2.43. The number of hydrogen-bond acceptors (Lipinski definition) is 2. The van der Waals surface area contributed by atoms with Crippen LogP contribution in [0.3, 0.4) is 0 Å². The highest BCUT2D eigenvalue weighted by Crippen LogP contribution is 2.29. The molecule has 0 fully saturated rings. The van der Waals surface area contributed by atoms with E-state index in [0.717, 1.165) is 11.3 Å². The van der Waals surface area contributed by atoms with Gasteiger partial charge in [0, 0.05) is 6.04 Å². The van der Waals surface area contributed by atoms with Gasteiger partial charge < -0.3 is 10.1 Å². The SMILES string of the molecule is COc1cccc(C(C)Nc2c(F)cccc2Cl)c1. The lowest BCUT2D eigenvalue weighted by atomic mass is 10.1. The first-order valence-corrected chi connectivity index (χ1v) is 6.34. The van der Waals surface area contributed by atoms with Gasteiger partial charge >= 0.3 is 0 Å². The van der Waals surface area contributed by atoms with Gasteiger partial charge in [0.1, 0.15) is 11.6 Å². The van der Waals surface area contributed by atoms with Gasteiger partial charge in [-0.05, 0) is 36.8 Å². The largest absolute Gasteiger partial charge is 0.497 e. The van der Waals surface area contributed by atoms with E-state index in [1.165, 1.54) is 6.07 Å². The predicted octanol–water partition coefficient (Wildman–Crippen LogP) is 4.66. The van der Waals surface area contributed by atoms with E-state index in [1.54, 1.807) is 19.2 Å². The molecule has 0 aliphatic heterocycles. The molecule has 19 heavy (non-hydrogen) atoms. The summed E-state index contributed by atoms with van der Waals surface area (Å²) in [4.78, 5) is 0. The lowest BCUT2D eigenvalue weighted by Gasteiger charge is -2.17. The maximum absolute atomic E-state index is 13.7. The Morgan fingerprint density at radius 3 is 2.63 bits per heavy atom. The lowest BCUT2D eigenvalue weighted by molar-refractivity contribution is 0.414. The molecule has 2 aromatic carbocycles. The maximum Gasteiger partial charge on any atom is 0.147 e. The Kier molecular flexibility index (Phi) is 4.27. The monoisotopic (exact) mass is 279 g/mol. The summed E-state index contributed by atoms with van der Waals surface area (Å²) >= 11 is 5.99. The van der Waals surface area contributed by atoms with Crippen LogP contribution in [0.1, 0.15) is 18.5 Å². The highest BCUT2D eigenvalue weighted by Gasteiger charge is 2.12. The van der Waals surface area contributed by atoms with Crippen molar-refractivity contribution in [1.29, 1.82) is 0 Å². The quantitative estimate of drug-likeness (QED) is 0.879. The molecule has 0 saturated carbocycles. The van der Waals surface area contributed by atoms with Gasteiger partial charge in [0.25, 0.3) is 0 Å². The number of para-hydroxylation sites is 1. The lowest BCUT2D eigenvalue weighted by Crippen LogP contribution is -2.08. The molecule has 0 bridgehead atoms. The van der Waals surface area contributed by atoms with Crippen LogP contribution in [0, 0.1) is 5.82 Å². The molecule has 0 amide bonds. The Hall–Kier alpha value is -1.74. The summed E-state index contributed by atoms with van der Waals surface area (Å²) in [5.41, 5.74) is 1.32. The fraction of sp³-hybridized carbons (Fsp3) is 0.200. The first-order chi connectivity index (χ1) is 9.11. The van der Waals surface area contributed by atoms with E-state index >= 15 is 0 Å². The summed E-state index contributed by atoms with van der Waals surface area (Å²) in [6.45, 7) is 1.94. The Morgan fingerprint density at radius 2 is 1.95 bits per heavy atom. The van der Waals surface area contributed by atoms with Crippen molar-refractivity contribution >= 4 is 17.3 Å². The molecule has 1 N–H and O–H groups in total. The number of anilines is 1. The highest BCUT2D eigenvalue weighted by molar-refractivity contribution is 6.33. The number of rotatable bonds is 4. The zero-order chi connectivity index (χ0) is 13.8. The van der Waals surface area contributed by atoms with Crippen LogP contribution in [0.2, 0.25) is 5.02 Å². The maximum atomic E-state index is 13.7. The third kappa shape index (κ3) is 3.18. The molecule has 0 aliphatic carbocycles. The molecule has 0 aromatic heterocycles. The van der Waals surface area contributed by atoms with E-state index < -0.39 is 0 Å². The van der Waals surface area contributed by atoms with Crippen molar-refractivity contribution in [2.24, 2.45) is 0 Å². The fourth-order valence-corrected chi connectivity index (χ4v) is 2.06. The van der Waals surface area contributed by atoms with Crippen LogP contribution in [0.4, 0.5) is 10.1 Å². The van der Waals surface area contributed by atoms with Crippen LogP contribution < -0.4 is 10.1 Å². The zero-order valence-corrected chi connectivity index (χ0v) is 11.5. The van der Waals surface area contributed by atoms with Crippen molar-refractivity contribution in [3.05, 3.63) is 58.9 Å². The van der Waals surface area contributed by atoms with Crippen LogP contribution in [0.5, 0.6) is 5.75 Å². The summed E-state index contributed by atoms with van der Waals surface area (Å²) in [5.74, 6) is 0.410. The van der Waals surface area contributed by atoms with Gasteiger partial charge in [0.05, 0.1) is 17.8 Å².